The third kappa shape index (κ3) is 3.83. The van der Waals surface area contributed by atoms with E-state index >= 15 is 0 Å². The highest BCUT2D eigenvalue weighted by atomic mass is 32.2. The number of amides is 1. The van der Waals surface area contributed by atoms with Gasteiger partial charge in [-0.1, -0.05) is 41.5 Å². The van der Waals surface area contributed by atoms with Gasteiger partial charge in [-0.05, 0) is 41.0 Å². The Morgan fingerprint density at radius 2 is 1.75 bits per heavy atom. The Balaban J connectivity index is 2.05. The van der Waals surface area contributed by atoms with Gasteiger partial charge < -0.3 is 14.9 Å². The Morgan fingerprint density at radius 1 is 1.22 bits per heavy atom. The van der Waals surface area contributed by atoms with Crippen molar-refractivity contribution in [2.75, 3.05) is 12.9 Å². The van der Waals surface area contributed by atoms with Gasteiger partial charge in [0.15, 0.2) is 0 Å². The zero-order valence-corrected chi connectivity index (χ0v) is 20.8. The van der Waals surface area contributed by atoms with Crippen LogP contribution in [0.2, 0.25) is 0 Å². The second kappa shape index (κ2) is 7.92. The SMILES string of the molecule is CO[C@@]1(/N=C/c2cc(C(C)(C)C)c(O)c(C(C)(C)C)c2)C(=O)N2C(C(=O)O)=C(C)CS[C@@H]21. The Kier molecular flexibility index (Phi) is 6.02. The minimum atomic E-state index is -1.48. The van der Waals surface area contributed by atoms with Crippen LogP contribution in [0.25, 0.3) is 0 Å². The van der Waals surface area contributed by atoms with Gasteiger partial charge in [0.05, 0.1) is 0 Å². The number of fused-ring (bicyclic) bond motifs is 1. The van der Waals surface area contributed by atoms with Crippen molar-refractivity contribution in [3.63, 3.8) is 0 Å². The summed E-state index contributed by atoms with van der Waals surface area (Å²) >= 11 is 1.44. The fourth-order valence-corrected chi connectivity index (χ4v) is 5.45. The number of methoxy groups -OCH3 is 1. The number of nitrogens with zero attached hydrogens (tertiary/aromatic N) is 2. The third-order valence-electron chi connectivity index (χ3n) is 5.86. The molecular weight excluding hydrogens is 428 g/mol. The number of phenols is 1. The second-order valence-corrected chi connectivity index (χ2v) is 11.5. The minimum Gasteiger partial charge on any atom is -0.507 e. The largest absolute Gasteiger partial charge is 0.507 e. The molecule has 2 heterocycles. The quantitative estimate of drug-likeness (QED) is 0.520. The molecule has 2 atom stereocenters. The summed E-state index contributed by atoms with van der Waals surface area (Å²) < 4.78 is 5.58. The Bertz CT molecular complexity index is 997. The first-order valence-electron chi connectivity index (χ1n) is 10.5. The number of ether oxygens (including phenoxy) is 1. The monoisotopic (exact) mass is 460 g/mol. The fraction of sp³-hybridized carbons (Fsp3) is 0.542. The van der Waals surface area contributed by atoms with Gasteiger partial charge in [0.25, 0.3) is 11.6 Å². The number of carbonyl (C=O) groups excluding carboxylic acids is 1. The molecule has 1 saturated heterocycles. The molecule has 2 aliphatic rings. The molecule has 1 amide bonds. The van der Waals surface area contributed by atoms with Crippen LogP contribution in [0.1, 0.15) is 65.2 Å². The van der Waals surface area contributed by atoms with E-state index in [9.17, 15) is 19.8 Å². The zero-order valence-electron chi connectivity index (χ0n) is 19.9. The number of carbonyl (C=O) groups is 2. The van der Waals surface area contributed by atoms with Crippen molar-refractivity contribution >= 4 is 29.9 Å². The van der Waals surface area contributed by atoms with Gasteiger partial charge in [0.1, 0.15) is 16.8 Å². The van der Waals surface area contributed by atoms with Crippen molar-refractivity contribution in [3.05, 3.63) is 40.1 Å². The molecule has 2 aliphatic heterocycles. The molecule has 32 heavy (non-hydrogen) atoms. The van der Waals surface area contributed by atoms with E-state index in [1.165, 1.54) is 23.8 Å². The number of carboxylic acid groups (broad SMARTS) is 1. The first-order chi connectivity index (χ1) is 14.6. The van der Waals surface area contributed by atoms with Crippen molar-refractivity contribution in [1.82, 2.24) is 4.90 Å². The minimum absolute atomic E-state index is 0.0105. The number of hydrogen-bond donors (Lipinski definition) is 2. The van der Waals surface area contributed by atoms with E-state index in [0.717, 1.165) is 16.7 Å². The number of aliphatic imine (C=N–C) groups is 1. The van der Waals surface area contributed by atoms with Crippen LogP contribution in [0.5, 0.6) is 5.75 Å². The van der Waals surface area contributed by atoms with Crippen molar-refractivity contribution in [2.24, 2.45) is 4.99 Å². The molecule has 3 rings (SSSR count). The fourth-order valence-electron chi connectivity index (χ4n) is 4.07. The highest BCUT2D eigenvalue weighted by Crippen LogP contribution is 2.48. The predicted octanol–water partition coefficient (Wildman–Crippen LogP) is 4.02. The second-order valence-electron chi connectivity index (χ2n) is 10.4. The summed E-state index contributed by atoms with van der Waals surface area (Å²) in [6.07, 6.45) is 1.59. The molecule has 0 unspecified atom stereocenters. The number of β-lactam (4-membered cyclic amide) rings is 1. The molecule has 1 aromatic rings. The van der Waals surface area contributed by atoms with Crippen LogP contribution in [0.3, 0.4) is 0 Å². The maximum Gasteiger partial charge on any atom is 0.352 e. The predicted molar refractivity (Wildman–Crippen MR) is 126 cm³/mol. The van der Waals surface area contributed by atoms with E-state index in [-0.39, 0.29) is 22.3 Å². The van der Waals surface area contributed by atoms with Crippen molar-refractivity contribution in [2.45, 2.75) is 70.4 Å². The molecule has 0 spiro atoms. The first-order valence-corrected chi connectivity index (χ1v) is 11.6. The smallest absolute Gasteiger partial charge is 0.352 e. The molecule has 1 fully saturated rings. The van der Waals surface area contributed by atoms with Gasteiger partial charge in [-0.15, -0.1) is 11.8 Å². The Morgan fingerprint density at radius 3 is 2.19 bits per heavy atom. The molecular formula is C24H32N2O5S. The van der Waals surface area contributed by atoms with E-state index in [1.54, 1.807) is 13.1 Å². The van der Waals surface area contributed by atoms with Gasteiger partial charge in [-0.3, -0.25) is 9.69 Å². The maximum absolute atomic E-state index is 13.1. The summed E-state index contributed by atoms with van der Waals surface area (Å²) in [6.45, 7) is 13.9. The average molecular weight is 461 g/mol. The van der Waals surface area contributed by atoms with Crippen LogP contribution in [0.4, 0.5) is 0 Å². The summed E-state index contributed by atoms with van der Waals surface area (Å²) in [5.41, 5.74) is 0.901. The lowest BCUT2D eigenvalue weighted by molar-refractivity contribution is -0.182. The van der Waals surface area contributed by atoms with Crippen LogP contribution in [-0.4, -0.2) is 57.2 Å². The summed E-state index contributed by atoms with van der Waals surface area (Å²) in [6, 6.07) is 3.75. The number of aliphatic carboxylic acids is 1. The lowest BCUT2D eigenvalue weighted by Gasteiger charge is -2.53. The Labute approximate surface area is 193 Å². The van der Waals surface area contributed by atoms with E-state index in [4.69, 9.17) is 4.74 Å². The molecule has 0 bridgehead atoms. The molecule has 1 aromatic carbocycles. The molecule has 0 aliphatic carbocycles. The highest BCUT2D eigenvalue weighted by Gasteiger charge is 2.65. The number of benzene rings is 1. The third-order valence-corrected chi connectivity index (χ3v) is 7.31. The number of hydrogen-bond acceptors (Lipinski definition) is 6. The van der Waals surface area contributed by atoms with E-state index < -0.39 is 23.0 Å². The van der Waals surface area contributed by atoms with Crippen molar-refractivity contribution < 1.29 is 24.5 Å². The number of thioether (sulfide) groups is 1. The van der Waals surface area contributed by atoms with E-state index in [2.05, 4.69) is 4.99 Å². The van der Waals surface area contributed by atoms with E-state index in [1.807, 2.05) is 53.7 Å². The lowest BCUT2D eigenvalue weighted by Crippen LogP contribution is -2.73. The number of aromatic hydroxyl groups is 1. The number of carboxylic acids is 1. The first kappa shape index (κ1) is 24.3. The van der Waals surface area contributed by atoms with Crippen LogP contribution < -0.4 is 0 Å². The van der Waals surface area contributed by atoms with Gasteiger partial charge in [0, 0.05) is 30.2 Å². The summed E-state index contributed by atoms with van der Waals surface area (Å²) in [5, 5.41) is 20.0. The molecule has 0 saturated carbocycles. The van der Waals surface area contributed by atoms with E-state index in [0.29, 0.717) is 11.3 Å². The molecule has 2 N–H and O–H groups in total. The summed E-state index contributed by atoms with van der Waals surface area (Å²) in [5.74, 6) is -0.865. The molecule has 0 radical (unpaired) electrons. The average Bonchev–Trinajstić information content (AvgIpc) is 2.67. The molecule has 8 heteroatoms. The van der Waals surface area contributed by atoms with Gasteiger partial charge >= 0.3 is 5.97 Å². The number of rotatable bonds is 4. The molecule has 174 valence electrons. The normalized spacial score (nSPS) is 24.1. The zero-order chi connectivity index (χ0) is 24.2. The standard InChI is InChI=1S/C24H32N2O5S/c1-13-12-32-21-24(31-8,20(30)26(21)17(13)19(28)29)25-11-14-9-15(22(2,3)4)18(27)16(10-14)23(5,6)7/h9-11,21,27H,12H2,1-8H3,(H,28,29)/b25-11+/t21-,24+/m1/s1. The van der Waals surface area contributed by atoms with Crippen LogP contribution in [-0.2, 0) is 25.2 Å². The van der Waals surface area contributed by atoms with Gasteiger partial charge in [-0.2, -0.15) is 0 Å². The highest BCUT2D eigenvalue weighted by molar-refractivity contribution is 8.00. The van der Waals surface area contributed by atoms with Gasteiger partial charge in [0.2, 0.25) is 0 Å². The summed E-state index contributed by atoms with van der Waals surface area (Å²) in [4.78, 5) is 30.6. The lowest BCUT2D eigenvalue weighted by atomic mass is 9.78. The Hall–Kier alpha value is -2.32. The molecule has 0 aromatic heterocycles. The van der Waals surface area contributed by atoms with Crippen LogP contribution in [0.15, 0.2) is 28.4 Å². The maximum atomic E-state index is 13.1. The van der Waals surface area contributed by atoms with Crippen molar-refractivity contribution in [3.8, 4) is 5.75 Å². The van der Waals surface area contributed by atoms with Crippen molar-refractivity contribution in [1.29, 1.82) is 0 Å². The molecule has 7 nitrogen and oxygen atoms in total. The van der Waals surface area contributed by atoms with Crippen LogP contribution >= 0.6 is 11.8 Å². The van der Waals surface area contributed by atoms with Gasteiger partial charge in [-0.25, -0.2) is 9.79 Å². The summed E-state index contributed by atoms with van der Waals surface area (Å²) in [7, 11) is 1.41. The van der Waals surface area contributed by atoms with Crippen LogP contribution in [0, 0.1) is 0 Å². The topological polar surface area (TPSA) is 99.4 Å². The number of phenolic OH excluding ortho intramolecular Hbond substituents is 1.